The van der Waals surface area contributed by atoms with Crippen LogP contribution in [-0.4, -0.2) is 11.2 Å². The lowest BCUT2D eigenvalue weighted by Crippen LogP contribution is -2.49. The fourth-order valence-electron chi connectivity index (χ4n) is 6.49. The normalized spacial score (nSPS) is 48.3. The van der Waals surface area contributed by atoms with Crippen LogP contribution >= 0.6 is 0 Å². The van der Waals surface area contributed by atoms with Crippen molar-refractivity contribution in [3.63, 3.8) is 0 Å². The zero-order valence-corrected chi connectivity index (χ0v) is 12.7. The van der Waals surface area contributed by atoms with Crippen LogP contribution in [0, 0.1) is 35.5 Å². The molecule has 3 atom stereocenters. The van der Waals surface area contributed by atoms with Crippen molar-refractivity contribution in [3.05, 3.63) is 35.9 Å². The standard InChI is InChI=1S/C20H26O/c21-20(18-11-17(18)14-4-2-1-3-5-14)19-15-7-12-6-13(9-15)10-16(19)8-12/h1-5,12-13,15-21H,6-11H2. The van der Waals surface area contributed by atoms with E-state index in [4.69, 9.17) is 0 Å². The van der Waals surface area contributed by atoms with Crippen molar-refractivity contribution in [3.8, 4) is 0 Å². The molecule has 6 rings (SSSR count). The van der Waals surface area contributed by atoms with Gasteiger partial charge in [-0.05, 0) is 85.5 Å². The van der Waals surface area contributed by atoms with E-state index in [1.54, 1.807) is 0 Å². The lowest BCUT2D eigenvalue weighted by Gasteiger charge is -2.55. The molecule has 21 heavy (non-hydrogen) atoms. The molecule has 5 fully saturated rings. The number of hydrogen-bond acceptors (Lipinski definition) is 1. The minimum absolute atomic E-state index is 0.0230. The van der Waals surface area contributed by atoms with Crippen molar-refractivity contribution in [2.75, 3.05) is 0 Å². The second kappa shape index (κ2) is 4.59. The summed E-state index contributed by atoms with van der Waals surface area (Å²) in [5, 5.41) is 11.1. The molecule has 0 amide bonds. The van der Waals surface area contributed by atoms with Crippen LogP contribution < -0.4 is 0 Å². The van der Waals surface area contributed by atoms with Crippen LogP contribution in [-0.2, 0) is 0 Å². The smallest absolute Gasteiger partial charge is 0.0607 e. The first kappa shape index (κ1) is 12.7. The van der Waals surface area contributed by atoms with E-state index in [1.165, 1.54) is 44.1 Å². The third-order valence-corrected chi connectivity index (χ3v) is 7.20. The summed E-state index contributed by atoms with van der Waals surface area (Å²) in [5.41, 5.74) is 1.45. The van der Waals surface area contributed by atoms with E-state index in [0.29, 0.717) is 17.8 Å². The second-order valence-electron chi connectivity index (χ2n) is 8.42. The maximum atomic E-state index is 11.1. The van der Waals surface area contributed by atoms with Gasteiger partial charge < -0.3 is 5.11 Å². The van der Waals surface area contributed by atoms with Gasteiger partial charge in [-0.1, -0.05) is 30.3 Å². The van der Waals surface area contributed by atoms with E-state index in [9.17, 15) is 5.11 Å². The van der Waals surface area contributed by atoms with Crippen LogP contribution in [0.4, 0.5) is 0 Å². The van der Waals surface area contributed by atoms with Gasteiger partial charge in [0.1, 0.15) is 0 Å². The Morgan fingerprint density at radius 2 is 1.43 bits per heavy atom. The third kappa shape index (κ3) is 2.00. The Kier molecular flexibility index (Phi) is 2.77. The Balaban J connectivity index is 1.33. The highest BCUT2D eigenvalue weighted by atomic mass is 16.3. The van der Waals surface area contributed by atoms with Crippen molar-refractivity contribution < 1.29 is 5.11 Å². The molecule has 5 aliphatic rings. The molecule has 0 aromatic heterocycles. The number of aliphatic hydroxyl groups is 1. The third-order valence-electron chi connectivity index (χ3n) is 7.20. The highest BCUT2D eigenvalue weighted by Crippen LogP contribution is 2.61. The molecule has 0 saturated heterocycles. The number of aliphatic hydroxyl groups excluding tert-OH is 1. The summed E-state index contributed by atoms with van der Waals surface area (Å²) < 4.78 is 0. The summed E-state index contributed by atoms with van der Waals surface area (Å²) in [6.07, 6.45) is 8.41. The van der Waals surface area contributed by atoms with Gasteiger partial charge in [0.25, 0.3) is 0 Å². The number of benzene rings is 1. The molecule has 0 spiro atoms. The summed E-state index contributed by atoms with van der Waals surface area (Å²) in [6.45, 7) is 0. The lowest BCUT2D eigenvalue weighted by molar-refractivity contribution is -0.0956. The van der Waals surface area contributed by atoms with Crippen LogP contribution in [0.3, 0.4) is 0 Å². The minimum Gasteiger partial charge on any atom is -0.393 e. The molecule has 1 nitrogen and oxygen atoms in total. The summed E-state index contributed by atoms with van der Waals surface area (Å²) in [7, 11) is 0. The van der Waals surface area contributed by atoms with Crippen molar-refractivity contribution in [2.24, 2.45) is 35.5 Å². The molecule has 1 heteroatoms. The van der Waals surface area contributed by atoms with Gasteiger partial charge in [0.05, 0.1) is 6.10 Å². The Morgan fingerprint density at radius 1 is 0.810 bits per heavy atom. The average molecular weight is 282 g/mol. The minimum atomic E-state index is -0.0230. The van der Waals surface area contributed by atoms with E-state index >= 15 is 0 Å². The second-order valence-corrected chi connectivity index (χ2v) is 8.42. The molecule has 0 aliphatic heterocycles. The van der Waals surface area contributed by atoms with Gasteiger partial charge in [0, 0.05) is 0 Å². The number of rotatable bonds is 3. The highest BCUT2D eigenvalue weighted by Gasteiger charge is 2.55. The lowest BCUT2D eigenvalue weighted by atomic mass is 9.50. The zero-order chi connectivity index (χ0) is 14.0. The molecule has 0 radical (unpaired) electrons. The molecule has 5 aliphatic carbocycles. The molecule has 1 aromatic rings. The molecule has 1 N–H and O–H groups in total. The molecule has 0 heterocycles. The van der Waals surface area contributed by atoms with Crippen molar-refractivity contribution in [2.45, 2.75) is 50.5 Å². The van der Waals surface area contributed by atoms with Gasteiger partial charge in [-0.3, -0.25) is 0 Å². The van der Waals surface area contributed by atoms with Gasteiger partial charge in [-0.15, -0.1) is 0 Å². The Bertz CT molecular complexity index is 494. The van der Waals surface area contributed by atoms with Crippen molar-refractivity contribution in [1.82, 2.24) is 0 Å². The predicted octanol–water partition coefficient (Wildman–Crippen LogP) is 4.22. The zero-order valence-electron chi connectivity index (χ0n) is 12.7. The molecular formula is C20H26O. The van der Waals surface area contributed by atoms with Crippen molar-refractivity contribution in [1.29, 1.82) is 0 Å². The fraction of sp³-hybridized carbons (Fsp3) is 0.700. The molecule has 3 unspecified atom stereocenters. The molecule has 5 saturated carbocycles. The van der Waals surface area contributed by atoms with Gasteiger partial charge in [-0.25, -0.2) is 0 Å². The maximum absolute atomic E-state index is 11.1. The molecular weight excluding hydrogens is 256 g/mol. The first-order chi connectivity index (χ1) is 10.3. The van der Waals surface area contributed by atoms with E-state index in [-0.39, 0.29) is 6.10 Å². The monoisotopic (exact) mass is 282 g/mol. The molecule has 1 aromatic carbocycles. The van der Waals surface area contributed by atoms with Crippen LogP contribution in [0.2, 0.25) is 0 Å². The first-order valence-corrected chi connectivity index (χ1v) is 9.02. The molecule has 112 valence electrons. The summed E-state index contributed by atoms with van der Waals surface area (Å²) >= 11 is 0. The van der Waals surface area contributed by atoms with E-state index in [1.807, 2.05) is 0 Å². The van der Waals surface area contributed by atoms with Gasteiger partial charge >= 0.3 is 0 Å². The largest absolute Gasteiger partial charge is 0.393 e. The number of hydrogen-bond donors (Lipinski definition) is 1. The van der Waals surface area contributed by atoms with E-state index in [2.05, 4.69) is 30.3 Å². The van der Waals surface area contributed by atoms with Crippen LogP contribution in [0.5, 0.6) is 0 Å². The predicted molar refractivity (Wildman–Crippen MR) is 83.8 cm³/mol. The van der Waals surface area contributed by atoms with Gasteiger partial charge in [-0.2, -0.15) is 0 Å². The maximum Gasteiger partial charge on any atom is 0.0607 e. The SMILES string of the molecule is OC(C1CC1c1ccccc1)C1C2CC3CC(C2)CC1C3. The molecule has 4 bridgehead atoms. The topological polar surface area (TPSA) is 20.2 Å². The van der Waals surface area contributed by atoms with Crippen molar-refractivity contribution >= 4 is 0 Å². The van der Waals surface area contributed by atoms with Crippen LogP contribution in [0.15, 0.2) is 30.3 Å². The van der Waals surface area contributed by atoms with Crippen LogP contribution in [0.1, 0.15) is 50.0 Å². The van der Waals surface area contributed by atoms with Crippen LogP contribution in [0.25, 0.3) is 0 Å². The Labute approximate surface area is 127 Å². The first-order valence-electron chi connectivity index (χ1n) is 9.02. The highest BCUT2D eigenvalue weighted by molar-refractivity contribution is 5.26. The fourth-order valence-corrected chi connectivity index (χ4v) is 6.49. The Hall–Kier alpha value is -0.820. The van der Waals surface area contributed by atoms with Gasteiger partial charge in [0.2, 0.25) is 0 Å². The van der Waals surface area contributed by atoms with E-state index < -0.39 is 0 Å². The quantitative estimate of drug-likeness (QED) is 0.880. The Morgan fingerprint density at radius 3 is 2.05 bits per heavy atom. The van der Waals surface area contributed by atoms with E-state index in [0.717, 1.165) is 23.7 Å². The summed E-state index contributed by atoms with van der Waals surface area (Å²) in [5.74, 6) is 5.56. The average Bonchev–Trinajstić information content (AvgIpc) is 3.27. The summed E-state index contributed by atoms with van der Waals surface area (Å²) in [4.78, 5) is 0. The summed E-state index contributed by atoms with van der Waals surface area (Å²) in [6, 6.07) is 10.9. The van der Waals surface area contributed by atoms with Gasteiger partial charge in [0.15, 0.2) is 0 Å².